The molecule has 5 heteroatoms. The largest absolute Gasteiger partial charge is 0.456 e. The van der Waals surface area contributed by atoms with E-state index in [-0.39, 0.29) is 0 Å². The molecular weight excluding hydrogens is 583 g/mol. The quantitative estimate of drug-likeness (QED) is 0.196. The lowest BCUT2D eigenvalue weighted by atomic mass is 10.0. The highest BCUT2D eigenvalue weighted by atomic mass is 32.1. The van der Waals surface area contributed by atoms with Crippen molar-refractivity contribution >= 4 is 97.9 Å². The van der Waals surface area contributed by atoms with Gasteiger partial charge in [-0.25, -0.2) is 4.98 Å². The molecule has 0 saturated carbocycles. The average Bonchev–Trinajstić information content (AvgIpc) is 3.86. The molecule has 0 spiro atoms. The van der Waals surface area contributed by atoms with Crippen molar-refractivity contribution in [3.05, 3.63) is 140 Å². The summed E-state index contributed by atoms with van der Waals surface area (Å²) in [5.74, 6) is 0. The molecule has 0 bridgehead atoms. The normalized spacial score (nSPS) is 12.3. The standard InChI is InChI=1S/C41H23N3OS/c1-2-10-26-24(9-1)17-19-34-38(26)30-23-25(43-31-14-6-3-11-27(31)28-12-4-7-15-32(28)43)18-20-33(30)44(34)41-42-40-37(46-41)22-21-36-39(40)29-13-5-8-16-35(29)45-36/h1-23H. The molecule has 11 aromatic rings. The van der Waals surface area contributed by atoms with E-state index in [2.05, 4.69) is 137 Å². The van der Waals surface area contributed by atoms with Crippen molar-refractivity contribution < 1.29 is 4.42 Å². The molecule has 11 rings (SSSR count). The van der Waals surface area contributed by atoms with Crippen LogP contribution in [0.2, 0.25) is 0 Å². The molecule has 4 aromatic heterocycles. The molecular formula is C41H23N3OS. The summed E-state index contributed by atoms with van der Waals surface area (Å²) in [5.41, 5.74) is 8.60. The number of furan rings is 1. The third-order valence-corrected chi connectivity index (χ3v) is 10.6. The van der Waals surface area contributed by atoms with Gasteiger partial charge >= 0.3 is 0 Å². The number of nitrogens with zero attached hydrogens (tertiary/aromatic N) is 3. The van der Waals surface area contributed by atoms with E-state index < -0.39 is 0 Å². The molecule has 0 radical (unpaired) electrons. The van der Waals surface area contributed by atoms with E-state index in [4.69, 9.17) is 9.40 Å². The molecule has 46 heavy (non-hydrogen) atoms. The molecule has 0 unspecified atom stereocenters. The number of fused-ring (bicyclic) bond motifs is 13. The average molecular weight is 606 g/mol. The van der Waals surface area contributed by atoms with Gasteiger partial charge in [-0.1, -0.05) is 96.3 Å². The Hall–Kier alpha value is -5.91. The molecule has 214 valence electrons. The zero-order chi connectivity index (χ0) is 29.9. The first-order valence-electron chi connectivity index (χ1n) is 15.5. The highest BCUT2D eigenvalue weighted by Gasteiger charge is 2.21. The van der Waals surface area contributed by atoms with E-state index in [1.54, 1.807) is 11.3 Å². The molecule has 0 atom stereocenters. The number of hydrogen-bond acceptors (Lipinski definition) is 3. The Morgan fingerprint density at radius 1 is 0.478 bits per heavy atom. The number of para-hydroxylation sites is 3. The van der Waals surface area contributed by atoms with E-state index in [0.717, 1.165) is 54.0 Å². The van der Waals surface area contributed by atoms with Gasteiger partial charge < -0.3 is 8.98 Å². The Morgan fingerprint density at radius 2 is 1.15 bits per heavy atom. The lowest BCUT2D eigenvalue weighted by Gasteiger charge is -2.09. The van der Waals surface area contributed by atoms with Gasteiger partial charge in [-0.3, -0.25) is 4.57 Å². The van der Waals surface area contributed by atoms with Gasteiger partial charge in [-0.2, -0.15) is 0 Å². The van der Waals surface area contributed by atoms with Crippen molar-refractivity contribution in [2.24, 2.45) is 0 Å². The highest BCUT2D eigenvalue weighted by Crippen LogP contribution is 2.42. The van der Waals surface area contributed by atoms with E-state index in [9.17, 15) is 0 Å². The van der Waals surface area contributed by atoms with E-state index >= 15 is 0 Å². The van der Waals surface area contributed by atoms with Crippen LogP contribution in [0, 0.1) is 0 Å². The summed E-state index contributed by atoms with van der Waals surface area (Å²) in [4.78, 5) is 5.36. The van der Waals surface area contributed by atoms with Gasteiger partial charge in [0.05, 0.1) is 37.7 Å². The number of aromatic nitrogens is 3. The Balaban J connectivity index is 1.25. The second-order valence-electron chi connectivity index (χ2n) is 12.0. The molecule has 0 N–H and O–H groups in total. The Morgan fingerprint density at radius 3 is 1.98 bits per heavy atom. The van der Waals surface area contributed by atoms with Crippen LogP contribution in [0.15, 0.2) is 144 Å². The van der Waals surface area contributed by atoms with Crippen LogP contribution in [0.5, 0.6) is 0 Å². The van der Waals surface area contributed by atoms with E-state index in [1.807, 2.05) is 12.1 Å². The van der Waals surface area contributed by atoms with Gasteiger partial charge in [-0.05, 0) is 65.4 Å². The van der Waals surface area contributed by atoms with Crippen molar-refractivity contribution in [1.82, 2.24) is 14.1 Å². The molecule has 0 aliphatic heterocycles. The predicted octanol–water partition coefficient (Wildman–Crippen LogP) is 11.5. The maximum absolute atomic E-state index is 6.21. The van der Waals surface area contributed by atoms with Gasteiger partial charge in [0.15, 0.2) is 5.13 Å². The summed E-state index contributed by atoms with van der Waals surface area (Å²) >= 11 is 1.73. The van der Waals surface area contributed by atoms with Crippen LogP contribution < -0.4 is 0 Å². The van der Waals surface area contributed by atoms with Gasteiger partial charge in [0.1, 0.15) is 11.2 Å². The summed E-state index contributed by atoms with van der Waals surface area (Å²) < 4.78 is 12.1. The first-order chi connectivity index (χ1) is 22.8. The molecule has 0 saturated heterocycles. The van der Waals surface area contributed by atoms with E-state index in [1.165, 1.54) is 43.4 Å². The fraction of sp³-hybridized carbons (Fsp3) is 0. The minimum absolute atomic E-state index is 0.870. The zero-order valence-electron chi connectivity index (χ0n) is 24.4. The Kier molecular flexibility index (Phi) is 4.69. The molecule has 4 heterocycles. The van der Waals surface area contributed by atoms with Crippen LogP contribution in [-0.2, 0) is 0 Å². The first-order valence-corrected chi connectivity index (χ1v) is 16.3. The van der Waals surface area contributed by atoms with Crippen LogP contribution in [0.4, 0.5) is 0 Å². The van der Waals surface area contributed by atoms with Crippen LogP contribution in [0.1, 0.15) is 0 Å². The molecule has 0 fully saturated rings. The van der Waals surface area contributed by atoms with Crippen LogP contribution >= 0.6 is 11.3 Å². The Bertz CT molecular complexity index is 2990. The topological polar surface area (TPSA) is 35.9 Å². The summed E-state index contributed by atoms with van der Waals surface area (Å²) in [5, 5.41) is 10.6. The lowest BCUT2D eigenvalue weighted by molar-refractivity contribution is 0.669. The fourth-order valence-corrected chi connectivity index (χ4v) is 8.61. The minimum Gasteiger partial charge on any atom is -0.456 e. The van der Waals surface area contributed by atoms with Crippen molar-refractivity contribution in [1.29, 1.82) is 0 Å². The van der Waals surface area contributed by atoms with Gasteiger partial charge in [0.25, 0.3) is 0 Å². The molecule has 4 nitrogen and oxygen atoms in total. The van der Waals surface area contributed by atoms with Crippen molar-refractivity contribution in [3.8, 4) is 10.8 Å². The molecule has 7 aromatic carbocycles. The summed E-state index contributed by atoms with van der Waals surface area (Å²) in [6.45, 7) is 0. The van der Waals surface area contributed by atoms with Crippen LogP contribution in [-0.4, -0.2) is 14.1 Å². The number of hydrogen-bond donors (Lipinski definition) is 0. The minimum atomic E-state index is 0.870. The van der Waals surface area contributed by atoms with Gasteiger partial charge in [0.2, 0.25) is 0 Å². The Labute approximate surface area is 265 Å². The first kappa shape index (κ1) is 24.4. The molecule has 0 amide bonds. The predicted molar refractivity (Wildman–Crippen MR) is 193 cm³/mol. The van der Waals surface area contributed by atoms with Crippen molar-refractivity contribution in [3.63, 3.8) is 0 Å². The maximum Gasteiger partial charge on any atom is 0.195 e. The third-order valence-electron chi connectivity index (χ3n) is 9.56. The number of rotatable bonds is 2. The summed E-state index contributed by atoms with van der Waals surface area (Å²) in [6.07, 6.45) is 0. The monoisotopic (exact) mass is 605 g/mol. The summed E-state index contributed by atoms with van der Waals surface area (Å²) in [6, 6.07) is 50.0. The SMILES string of the molecule is c1ccc2c(c1)ccc1c2c2cc(-n3c4ccccc4c4ccccc43)ccc2n1-c1nc2c(ccc3oc4ccccc4c32)s1. The molecule has 0 aliphatic rings. The van der Waals surface area contributed by atoms with Crippen LogP contribution in [0.3, 0.4) is 0 Å². The van der Waals surface area contributed by atoms with Crippen molar-refractivity contribution in [2.75, 3.05) is 0 Å². The van der Waals surface area contributed by atoms with Crippen molar-refractivity contribution in [2.45, 2.75) is 0 Å². The fourth-order valence-electron chi connectivity index (χ4n) is 7.61. The zero-order valence-corrected chi connectivity index (χ0v) is 25.3. The summed E-state index contributed by atoms with van der Waals surface area (Å²) in [7, 11) is 0. The number of benzene rings is 7. The number of thiazole rings is 1. The maximum atomic E-state index is 6.21. The van der Waals surface area contributed by atoms with Gasteiger partial charge in [-0.15, -0.1) is 0 Å². The lowest BCUT2D eigenvalue weighted by Crippen LogP contribution is -1.95. The highest BCUT2D eigenvalue weighted by molar-refractivity contribution is 7.21. The second-order valence-corrected chi connectivity index (χ2v) is 13.0. The van der Waals surface area contributed by atoms with E-state index in [0.29, 0.717) is 0 Å². The smallest absolute Gasteiger partial charge is 0.195 e. The third kappa shape index (κ3) is 3.14. The molecule has 0 aliphatic carbocycles. The van der Waals surface area contributed by atoms with Gasteiger partial charge in [0, 0.05) is 32.6 Å². The van der Waals surface area contributed by atoms with Crippen LogP contribution in [0.25, 0.3) is 97.4 Å². The second kappa shape index (κ2) is 8.84.